The van der Waals surface area contributed by atoms with Crippen LogP contribution in [0.2, 0.25) is 0 Å². The number of hydrogen-bond acceptors (Lipinski definition) is 4. The van der Waals surface area contributed by atoms with E-state index in [4.69, 9.17) is 0 Å². The first-order chi connectivity index (χ1) is 12.3. The third kappa shape index (κ3) is 4.06. The van der Waals surface area contributed by atoms with Gasteiger partial charge in [-0.05, 0) is 29.7 Å². The molecule has 7 heteroatoms. The average molecular weight is 392 g/mol. The molecule has 1 atom stereocenters. The van der Waals surface area contributed by atoms with E-state index in [1.807, 2.05) is 37.3 Å². The second kappa shape index (κ2) is 7.34. The molecule has 3 rings (SSSR count). The van der Waals surface area contributed by atoms with E-state index < -0.39 is 25.9 Å². The summed E-state index contributed by atoms with van der Waals surface area (Å²) in [7, 11) is -7.21. The number of sulfonamides is 1. The molecule has 0 radical (unpaired) electrons. The Bertz CT molecular complexity index is 995. The second-order valence-electron chi connectivity index (χ2n) is 6.26. The molecular weight excluding hydrogens is 370 g/mol. The maximum absolute atomic E-state index is 13.2. The van der Waals surface area contributed by atoms with Gasteiger partial charge in [-0.15, -0.1) is 0 Å². The van der Waals surface area contributed by atoms with Crippen LogP contribution in [0, 0.1) is 0 Å². The minimum atomic E-state index is -3.84. The van der Waals surface area contributed by atoms with Crippen LogP contribution in [0.25, 0.3) is 0 Å². The molecule has 0 unspecified atom stereocenters. The first-order valence-electron chi connectivity index (χ1n) is 8.37. The van der Waals surface area contributed by atoms with Crippen molar-refractivity contribution in [2.24, 2.45) is 0 Å². The first-order valence-corrected chi connectivity index (χ1v) is 11.5. The zero-order chi connectivity index (χ0) is 18.8. The Morgan fingerprint density at radius 1 is 1.00 bits per heavy atom. The number of rotatable bonds is 6. The Morgan fingerprint density at radius 2 is 1.65 bits per heavy atom. The van der Waals surface area contributed by atoms with Crippen LogP contribution in [0.1, 0.15) is 18.1 Å². The van der Waals surface area contributed by atoms with Gasteiger partial charge in [-0.25, -0.2) is 16.8 Å². The van der Waals surface area contributed by atoms with Crippen molar-refractivity contribution in [2.75, 3.05) is 5.75 Å². The van der Waals surface area contributed by atoms with Crippen molar-refractivity contribution in [3.05, 3.63) is 77.2 Å². The molecule has 5 nitrogen and oxygen atoms in total. The molecule has 0 amide bonds. The largest absolute Gasteiger partial charge is 0.243 e. The molecule has 2 aromatic carbocycles. The minimum absolute atomic E-state index is 0.114. The standard InChI is InChI=1S/C19H21NO4S2/c1-2-16-8-10-19(11-9-16)26(23,24)20(14-17-6-4-3-5-7-17)18-12-13-25(21,22)15-18/h3-13,18H,2,14-15H2,1H3/t18-/m0/s1. The van der Waals surface area contributed by atoms with E-state index in [1.54, 1.807) is 24.3 Å². The molecule has 138 valence electrons. The van der Waals surface area contributed by atoms with Crippen molar-refractivity contribution in [1.82, 2.24) is 4.31 Å². The lowest BCUT2D eigenvalue weighted by molar-refractivity contribution is 0.375. The van der Waals surface area contributed by atoms with Gasteiger partial charge in [0.1, 0.15) is 0 Å². The summed E-state index contributed by atoms with van der Waals surface area (Å²) in [6.45, 7) is 2.11. The molecule has 0 aromatic heterocycles. The van der Waals surface area contributed by atoms with E-state index in [0.717, 1.165) is 23.0 Å². The zero-order valence-electron chi connectivity index (χ0n) is 14.4. The SMILES string of the molecule is CCc1ccc(S(=O)(=O)N(Cc2ccccc2)[C@H]2C=CS(=O)(=O)C2)cc1. The highest BCUT2D eigenvalue weighted by Crippen LogP contribution is 2.26. The molecule has 0 spiro atoms. The maximum Gasteiger partial charge on any atom is 0.243 e. The minimum Gasteiger partial charge on any atom is -0.224 e. The second-order valence-corrected chi connectivity index (χ2v) is 10.1. The molecular formula is C19H21NO4S2. The molecule has 1 heterocycles. The summed E-state index contributed by atoms with van der Waals surface area (Å²) in [4.78, 5) is 0.170. The van der Waals surface area contributed by atoms with Gasteiger partial charge in [0.25, 0.3) is 0 Å². The number of aryl methyl sites for hydroxylation is 1. The van der Waals surface area contributed by atoms with Crippen molar-refractivity contribution in [3.63, 3.8) is 0 Å². The van der Waals surface area contributed by atoms with Crippen molar-refractivity contribution in [1.29, 1.82) is 0 Å². The topological polar surface area (TPSA) is 71.5 Å². The molecule has 0 aliphatic carbocycles. The van der Waals surface area contributed by atoms with Crippen LogP contribution in [-0.2, 0) is 32.8 Å². The van der Waals surface area contributed by atoms with Crippen LogP contribution in [0.5, 0.6) is 0 Å². The highest BCUT2D eigenvalue weighted by Gasteiger charge is 2.35. The fraction of sp³-hybridized carbons (Fsp3) is 0.263. The van der Waals surface area contributed by atoms with Crippen LogP contribution in [-0.4, -0.2) is 32.9 Å². The molecule has 0 fully saturated rings. The first kappa shape index (κ1) is 18.8. The highest BCUT2D eigenvalue weighted by molar-refractivity contribution is 7.94. The van der Waals surface area contributed by atoms with Crippen molar-refractivity contribution in [2.45, 2.75) is 30.8 Å². The predicted molar refractivity (Wildman–Crippen MR) is 102 cm³/mol. The number of benzene rings is 2. The number of nitrogens with zero attached hydrogens (tertiary/aromatic N) is 1. The highest BCUT2D eigenvalue weighted by atomic mass is 32.2. The summed E-state index contributed by atoms with van der Waals surface area (Å²) in [5.74, 6) is -0.230. The quantitative estimate of drug-likeness (QED) is 0.759. The smallest absolute Gasteiger partial charge is 0.224 e. The average Bonchev–Trinajstić information content (AvgIpc) is 3.00. The molecule has 26 heavy (non-hydrogen) atoms. The summed E-state index contributed by atoms with van der Waals surface area (Å²) >= 11 is 0. The monoisotopic (exact) mass is 391 g/mol. The fourth-order valence-corrected chi connectivity index (χ4v) is 5.88. The van der Waals surface area contributed by atoms with Gasteiger partial charge < -0.3 is 0 Å². The van der Waals surface area contributed by atoms with Gasteiger partial charge in [-0.1, -0.05) is 55.5 Å². The van der Waals surface area contributed by atoms with Crippen molar-refractivity contribution >= 4 is 19.9 Å². The Labute approximate surface area is 154 Å². The summed E-state index contributed by atoms with van der Waals surface area (Å²) in [6.07, 6.45) is 2.27. The van der Waals surface area contributed by atoms with E-state index in [1.165, 1.54) is 10.4 Å². The molecule has 0 bridgehead atoms. The van der Waals surface area contributed by atoms with Crippen LogP contribution < -0.4 is 0 Å². The van der Waals surface area contributed by atoms with E-state index in [0.29, 0.717) is 0 Å². The molecule has 2 aromatic rings. The fourth-order valence-electron chi connectivity index (χ4n) is 2.92. The third-order valence-corrected chi connectivity index (χ3v) is 7.66. The lowest BCUT2D eigenvalue weighted by atomic mass is 10.2. The van der Waals surface area contributed by atoms with E-state index >= 15 is 0 Å². The number of sulfone groups is 1. The van der Waals surface area contributed by atoms with E-state index in [2.05, 4.69) is 0 Å². The predicted octanol–water partition coefficient (Wildman–Crippen LogP) is 2.75. The van der Waals surface area contributed by atoms with Gasteiger partial charge in [0.05, 0.1) is 16.7 Å². The molecule has 0 saturated carbocycles. The molecule has 1 aliphatic heterocycles. The Morgan fingerprint density at radius 3 is 2.19 bits per heavy atom. The lowest BCUT2D eigenvalue weighted by Gasteiger charge is -2.27. The van der Waals surface area contributed by atoms with Crippen LogP contribution in [0.3, 0.4) is 0 Å². The van der Waals surface area contributed by atoms with Gasteiger partial charge >= 0.3 is 0 Å². The molecule has 0 saturated heterocycles. The maximum atomic E-state index is 13.2. The van der Waals surface area contributed by atoms with Crippen LogP contribution in [0.4, 0.5) is 0 Å². The summed E-state index contributed by atoms with van der Waals surface area (Å²) in [6, 6.07) is 15.2. The van der Waals surface area contributed by atoms with Gasteiger partial charge in [0.2, 0.25) is 10.0 Å². The summed E-state index contributed by atoms with van der Waals surface area (Å²) < 4.78 is 51.4. The van der Waals surface area contributed by atoms with Crippen molar-refractivity contribution in [3.8, 4) is 0 Å². The molecule has 1 aliphatic rings. The lowest BCUT2D eigenvalue weighted by Crippen LogP contribution is -2.40. The third-order valence-electron chi connectivity index (χ3n) is 4.40. The van der Waals surface area contributed by atoms with Gasteiger partial charge in [-0.2, -0.15) is 4.31 Å². The normalized spacial score (nSPS) is 19.1. The Kier molecular flexibility index (Phi) is 5.32. The van der Waals surface area contributed by atoms with Crippen molar-refractivity contribution < 1.29 is 16.8 Å². The number of hydrogen-bond donors (Lipinski definition) is 0. The zero-order valence-corrected chi connectivity index (χ0v) is 16.1. The summed E-state index contributed by atoms with van der Waals surface area (Å²) in [5.41, 5.74) is 1.85. The van der Waals surface area contributed by atoms with Crippen LogP contribution in [0.15, 0.2) is 71.0 Å². The van der Waals surface area contributed by atoms with E-state index in [9.17, 15) is 16.8 Å². The van der Waals surface area contributed by atoms with Gasteiger partial charge in [0.15, 0.2) is 9.84 Å². The van der Waals surface area contributed by atoms with E-state index in [-0.39, 0.29) is 17.2 Å². The van der Waals surface area contributed by atoms with Gasteiger partial charge in [-0.3, -0.25) is 0 Å². The Hall–Kier alpha value is -1.96. The van der Waals surface area contributed by atoms with Crippen LogP contribution >= 0.6 is 0 Å². The Balaban J connectivity index is 1.99. The molecule has 0 N–H and O–H groups in total. The summed E-state index contributed by atoms with van der Waals surface area (Å²) in [5, 5.41) is 1.10. The van der Waals surface area contributed by atoms with Gasteiger partial charge in [0, 0.05) is 12.0 Å².